The van der Waals surface area contributed by atoms with Crippen LogP contribution in [0.3, 0.4) is 0 Å². The van der Waals surface area contributed by atoms with Gasteiger partial charge in [-0.15, -0.1) is 0 Å². The second-order valence-electron chi connectivity index (χ2n) is 10.4. The lowest BCUT2D eigenvalue weighted by atomic mass is 10.0. The second kappa shape index (κ2) is 13.0. The van der Waals surface area contributed by atoms with Gasteiger partial charge in [-0.1, -0.05) is 41.9 Å². The van der Waals surface area contributed by atoms with Gasteiger partial charge in [-0.05, 0) is 72.5 Å². The molecule has 0 fully saturated rings. The molecule has 0 saturated carbocycles. The number of benzene rings is 3. The Morgan fingerprint density at radius 2 is 1.72 bits per heavy atom. The molecule has 43 heavy (non-hydrogen) atoms. The monoisotopic (exact) mass is 637 g/mol. The van der Waals surface area contributed by atoms with E-state index in [1.165, 1.54) is 12.1 Å². The largest absolute Gasteiger partial charge is 0.477 e. The highest BCUT2D eigenvalue weighted by Crippen LogP contribution is 2.26. The summed E-state index contributed by atoms with van der Waals surface area (Å²) in [6.45, 7) is 2.45. The number of hydrogen-bond acceptors (Lipinski definition) is 5. The molecule has 1 aromatic heterocycles. The van der Waals surface area contributed by atoms with E-state index in [1.54, 1.807) is 47.0 Å². The minimum Gasteiger partial charge on any atom is -0.477 e. The van der Waals surface area contributed by atoms with Gasteiger partial charge in [0.1, 0.15) is 5.69 Å². The van der Waals surface area contributed by atoms with E-state index < -0.39 is 34.0 Å². The van der Waals surface area contributed by atoms with Crippen LogP contribution in [0.15, 0.2) is 72.8 Å². The van der Waals surface area contributed by atoms with Crippen molar-refractivity contribution in [2.24, 2.45) is 0 Å². The zero-order valence-electron chi connectivity index (χ0n) is 23.3. The van der Waals surface area contributed by atoms with E-state index in [2.05, 4.69) is 5.32 Å². The highest BCUT2D eigenvalue weighted by Gasteiger charge is 2.37. The minimum absolute atomic E-state index is 0.00362. The predicted molar refractivity (Wildman–Crippen MR) is 160 cm³/mol. The maximum Gasteiger partial charge on any atom is 0.404 e. The number of alkyl halides is 3. The highest BCUT2D eigenvalue weighted by atomic mass is 35.5. The molecule has 0 aliphatic rings. The molecule has 3 N–H and O–H groups in total. The zero-order chi connectivity index (χ0) is 31.5. The van der Waals surface area contributed by atoms with Crippen LogP contribution in [-0.4, -0.2) is 60.7 Å². The summed E-state index contributed by atoms with van der Waals surface area (Å²) in [5.74, 6) is -3.10. The van der Waals surface area contributed by atoms with Gasteiger partial charge in [-0.3, -0.25) is 4.31 Å². The summed E-state index contributed by atoms with van der Waals surface area (Å²) in [7, 11) is -3.56. The Morgan fingerprint density at radius 3 is 2.35 bits per heavy atom. The number of carboxylic acids is 1. The number of anilines is 1. The van der Waals surface area contributed by atoms with Crippen LogP contribution in [0.5, 0.6) is 0 Å². The highest BCUT2D eigenvalue weighted by molar-refractivity contribution is 7.92. The standard InChI is InChI=1S/C30H31ClF3N3O5S/c1-19(35-16-28(38)22-4-3-5-24(31)14-22)12-21-8-11-26-23(13-21)15-27(29(39)40)37(26)17-20-6-9-25(10-7-20)36(2)43(41,42)18-30(32,33)34/h3-11,13-15,19,28,35,38H,12,16-18H2,1-2H3,(H,39,40). The predicted octanol–water partition coefficient (Wildman–Crippen LogP) is 5.62. The summed E-state index contributed by atoms with van der Waals surface area (Å²) in [5, 5.41) is 24.9. The van der Waals surface area contributed by atoms with Crippen molar-refractivity contribution in [1.82, 2.24) is 9.88 Å². The number of hydrogen-bond donors (Lipinski definition) is 3. The van der Waals surface area contributed by atoms with Crippen LogP contribution < -0.4 is 9.62 Å². The first-order valence-electron chi connectivity index (χ1n) is 13.3. The van der Waals surface area contributed by atoms with Gasteiger partial charge in [-0.25, -0.2) is 13.2 Å². The number of rotatable bonds is 12. The molecule has 3 aromatic carbocycles. The number of halogens is 4. The molecule has 0 saturated heterocycles. The van der Waals surface area contributed by atoms with Crippen molar-refractivity contribution in [2.45, 2.75) is 38.2 Å². The third-order valence-electron chi connectivity index (χ3n) is 7.02. The maximum absolute atomic E-state index is 12.7. The summed E-state index contributed by atoms with van der Waals surface area (Å²) in [4.78, 5) is 12.1. The smallest absolute Gasteiger partial charge is 0.404 e. The van der Waals surface area contributed by atoms with Crippen molar-refractivity contribution in [3.8, 4) is 0 Å². The molecular formula is C30H31ClF3N3O5S. The van der Waals surface area contributed by atoms with E-state index in [0.717, 1.165) is 18.0 Å². The number of nitrogens with one attached hydrogen (secondary N) is 1. The van der Waals surface area contributed by atoms with Crippen molar-refractivity contribution < 1.29 is 36.6 Å². The number of carbonyl (C=O) groups is 1. The number of sulfonamides is 1. The fraction of sp³-hybridized carbons (Fsp3) is 0.300. The van der Waals surface area contributed by atoms with E-state index in [0.29, 0.717) is 38.9 Å². The molecule has 4 rings (SSSR count). The summed E-state index contributed by atoms with van der Waals surface area (Å²) in [6.07, 6.45) is -4.98. The lowest BCUT2D eigenvalue weighted by Gasteiger charge is -2.20. The Labute approximate surface area is 252 Å². The fourth-order valence-electron chi connectivity index (χ4n) is 4.82. The normalized spacial score (nSPS) is 13.7. The molecule has 1 heterocycles. The average molecular weight is 638 g/mol. The molecule has 2 unspecified atom stereocenters. The molecule has 13 heteroatoms. The lowest BCUT2D eigenvalue weighted by molar-refractivity contribution is -0.106. The van der Waals surface area contributed by atoms with E-state index in [1.807, 2.05) is 25.1 Å². The SMILES string of the molecule is CC(Cc1ccc2c(c1)cc(C(=O)O)n2Cc1ccc(N(C)S(=O)(=O)CC(F)(F)F)cc1)NCC(O)c1cccc(Cl)c1. The molecule has 230 valence electrons. The first-order chi connectivity index (χ1) is 20.1. The van der Waals surface area contributed by atoms with Gasteiger partial charge in [0.25, 0.3) is 0 Å². The first-order valence-corrected chi connectivity index (χ1v) is 15.3. The fourth-order valence-corrected chi connectivity index (χ4v) is 6.07. The number of carboxylic acid groups (broad SMARTS) is 1. The quantitative estimate of drug-likeness (QED) is 0.186. The molecule has 0 spiro atoms. The number of aromatic carboxylic acids is 1. The van der Waals surface area contributed by atoms with Crippen molar-refractivity contribution in [1.29, 1.82) is 0 Å². The third-order valence-corrected chi connectivity index (χ3v) is 9.00. The summed E-state index contributed by atoms with van der Waals surface area (Å²) in [5.41, 5.74) is 3.08. The van der Waals surface area contributed by atoms with Crippen molar-refractivity contribution >= 4 is 44.2 Å². The minimum atomic E-state index is -4.87. The van der Waals surface area contributed by atoms with Gasteiger partial charge in [0.2, 0.25) is 10.0 Å². The van der Waals surface area contributed by atoms with E-state index >= 15 is 0 Å². The molecular weight excluding hydrogens is 607 g/mol. The van der Waals surface area contributed by atoms with Gasteiger partial charge in [0.15, 0.2) is 5.75 Å². The van der Waals surface area contributed by atoms with Crippen LogP contribution in [0, 0.1) is 0 Å². The molecule has 0 aliphatic heterocycles. The van der Waals surface area contributed by atoms with E-state index in [9.17, 15) is 36.6 Å². The van der Waals surface area contributed by atoms with Crippen LogP contribution in [-0.2, 0) is 23.0 Å². The lowest BCUT2D eigenvalue weighted by Crippen LogP contribution is -2.35. The Morgan fingerprint density at radius 1 is 1.05 bits per heavy atom. The third kappa shape index (κ3) is 8.29. The van der Waals surface area contributed by atoms with Gasteiger partial charge < -0.3 is 20.1 Å². The van der Waals surface area contributed by atoms with Gasteiger partial charge in [0, 0.05) is 42.1 Å². The second-order valence-corrected chi connectivity index (χ2v) is 12.8. The molecule has 0 bridgehead atoms. The molecule has 0 aliphatic carbocycles. The van der Waals surface area contributed by atoms with Crippen molar-refractivity contribution in [2.75, 3.05) is 23.7 Å². The number of nitrogens with zero attached hydrogens (tertiary/aromatic N) is 2. The zero-order valence-corrected chi connectivity index (χ0v) is 24.9. The van der Waals surface area contributed by atoms with Crippen molar-refractivity contribution in [3.63, 3.8) is 0 Å². The van der Waals surface area contributed by atoms with Crippen molar-refractivity contribution in [3.05, 3.63) is 100 Å². The number of fused-ring (bicyclic) bond motifs is 1. The van der Waals surface area contributed by atoms with E-state index in [4.69, 9.17) is 11.6 Å². The Hall–Kier alpha value is -3.58. The van der Waals surface area contributed by atoms with Crippen LogP contribution in [0.1, 0.15) is 40.2 Å². The Balaban J connectivity index is 1.47. The average Bonchev–Trinajstić information content (AvgIpc) is 3.28. The molecule has 0 radical (unpaired) electrons. The first kappa shape index (κ1) is 32.3. The topological polar surface area (TPSA) is 112 Å². The van der Waals surface area contributed by atoms with Crippen LogP contribution in [0.25, 0.3) is 10.9 Å². The number of aliphatic hydroxyl groups is 1. The van der Waals surface area contributed by atoms with Crippen LogP contribution >= 0.6 is 11.6 Å². The summed E-state index contributed by atoms with van der Waals surface area (Å²) in [6, 6.07) is 20.1. The van der Waals surface area contributed by atoms with Gasteiger partial charge >= 0.3 is 12.1 Å². The molecule has 8 nitrogen and oxygen atoms in total. The van der Waals surface area contributed by atoms with Gasteiger partial charge in [0.05, 0.1) is 11.8 Å². The Bertz CT molecular complexity index is 1710. The van der Waals surface area contributed by atoms with E-state index in [-0.39, 0.29) is 24.0 Å². The van der Waals surface area contributed by atoms with Gasteiger partial charge in [-0.2, -0.15) is 13.2 Å². The van der Waals surface area contributed by atoms with Crippen LogP contribution in [0.2, 0.25) is 5.02 Å². The summed E-state index contributed by atoms with van der Waals surface area (Å²) >= 11 is 6.01. The summed E-state index contributed by atoms with van der Waals surface area (Å²) < 4.78 is 64.4. The number of aliphatic hydroxyl groups excluding tert-OH is 1. The maximum atomic E-state index is 12.7. The molecule has 4 aromatic rings. The number of aromatic nitrogens is 1. The molecule has 0 amide bonds. The Kier molecular flexibility index (Phi) is 9.75. The van der Waals surface area contributed by atoms with Crippen LogP contribution in [0.4, 0.5) is 18.9 Å². The molecule has 2 atom stereocenters.